The Balaban J connectivity index is 1.97. The van der Waals surface area contributed by atoms with Gasteiger partial charge in [-0.2, -0.15) is 0 Å². The molecular formula is C24H44N2O2S. The molecule has 2 N–H and O–H groups in total. The molecule has 0 saturated carbocycles. The second-order valence-electron chi connectivity index (χ2n) is 8.35. The summed E-state index contributed by atoms with van der Waals surface area (Å²) in [5.74, 6) is 0. The van der Waals surface area contributed by atoms with Crippen LogP contribution < -0.4 is 5.73 Å². The molecule has 0 amide bonds. The SMILES string of the molecule is CCCCCCCCCCCCCCCCCN(C)S(=O)(=O)c1ccc(N)cc1. The summed E-state index contributed by atoms with van der Waals surface area (Å²) in [7, 11) is -1.74. The number of benzene rings is 1. The van der Waals surface area contributed by atoms with Crippen LogP contribution in [0, 0.1) is 0 Å². The highest BCUT2D eigenvalue weighted by Crippen LogP contribution is 2.17. The molecule has 168 valence electrons. The summed E-state index contributed by atoms with van der Waals surface area (Å²) < 4.78 is 26.5. The van der Waals surface area contributed by atoms with Gasteiger partial charge in [-0.05, 0) is 30.7 Å². The zero-order chi connectivity index (χ0) is 21.4. The van der Waals surface area contributed by atoms with E-state index in [0.29, 0.717) is 17.1 Å². The second kappa shape index (κ2) is 15.7. The van der Waals surface area contributed by atoms with Crippen LogP contribution in [0.15, 0.2) is 29.2 Å². The molecule has 0 aromatic heterocycles. The molecule has 5 heteroatoms. The molecule has 0 spiro atoms. The zero-order valence-electron chi connectivity index (χ0n) is 18.9. The third-order valence-electron chi connectivity index (χ3n) is 5.66. The standard InChI is InChI=1S/C24H44N2O2S/c1-3-4-5-6-7-8-9-10-11-12-13-14-15-16-17-22-26(2)29(27,28)24-20-18-23(25)19-21-24/h18-21H,3-17,22,25H2,1-2H3. The number of rotatable bonds is 18. The highest BCUT2D eigenvalue weighted by molar-refractivity contribution is 7.89. The summed E-state index contributed by atoms with van der Waals surface area (Å²) in [5, 5.41) is 0. The molecule has 0 aliphatic rings. The normalized spacial score (nSPS) is 12.0. The molecule has 0 heterocycles. The molecular weight excluding hydrogens is 380 g/mol. The first-order valence-electron chi connectivity index (χ1n) is 11.8. The van der Waals surface area contributed by atoms with Gasteiger partial charge in [0.2, 0.25) is 10.0 Å². The first kappa shape index (κ1) is 26.0. The predicted octanol–water partition coefficient (Wildman–Crippen LogP) is 6.76. The van der Waals surface area contributed by atoms with Gasteiger partial charge in [-0.25, -0.2) is 12.7 Å². The molecule has 0 atom stereocenters. The monoisotopic (exact) mass is 424 g/mol. The fourth-order valence-corrected chi connectivity index (χ4v) is 4.86. The van der Waals surface area contributed by atoms with Crippen molar-refractivity contribution in [1.82, 2.24) is 4.31 Å². The smallest absolute Gasteiger partial charge is 0.242 e. The lowest BCUT2D eigenvalue weighted by Crippen LogP contribution is -2.28. The van der Waals surface area contributed by atoms with Gasteiger partial charge in [-0.15, -0.1) is 0 Å². The molecule has 1 aromatic carbocycles. The summed E-state index contributed by atoms with van der Waals surface area (Å²) in [5.41, 5.74) is 6.21. The Kier molecular flexibility index (Phi) is 14.1. The van der Waals surface area contributed by atoms with Crippen LogP contribution in [0.2, 0.25) is 0 Å². The van der Waals surface area contributed by atoms with Crippen molar-refractivity contribution < 1.29 is 8.42 Å². The average Bonchev–Trinajstić information content (AvgIpc) is 2.71. The number of sulfonamides is 1. The third-order valence-corrected chi connectivity index (χ3v) is 7.54. The maximum Gasteiger partial charge on any atom is 0.242 e. The predicted molar refractivity (Wildman–Crippen MR) is 126 cm³/mol. The molecule has 29 heavy (non-hydrogen) atoms. The Hall–Kier alpha value is -1.07. The summed E-state index contributed by atoms with van der Waals surface area (Å²) in [6.45, 7) is 2.84. The molecule has 0 saturated heterocycles. The van der Waals surface area contributed by atoms with Gasteiger partial charge in [0, 0.05) is 19.3 Å². The van der Waals surface area contributed by atoms with Gasteiger partial charge in [0.15, 0.2) is 0 Å². The number of anilines is 1. The minimum absolute atomic E-state index is 0.315. The van der Waals surface area contributed by atoms with Crippen molar-refractivity contribution in [2.45, 2.75) is 108 Å². The van der Waals surface area contributed by atoms with Crippen LogP contribution in [0.1, 0.15) is 103 Å². The number of hydrogen-bond donors (Lipinski definition) is 1. The van der Waals surface area contributed by atoms with E-state index < -0.39 is 10.0 Å². The van der Waals surface area contributed by atoms with Crippen LogP contribution in [0.4, 0.5) is 5.69 Å². The number of nitrogens with zero attached hydrogens (tertiary/aromatic N) is 1. The van der Waals surface area contributed by atoms with Crippen LogP contribution in [0.5, 0.6) is 0 Å². The summed E-state index contributed by atoms with van der Waals surface area (Å²) in [4.78, 5) is 0.315. The zero-order valence-corrected chi connectivity index (χ0v) is 19.7. The van der Waals surface area contributed by atoms with Crippen molar-refractivity contribution in [1.29, 1.82) is 0 Å². The Labute approximate surface area is 180 Å². The van der Waals surface area contributed by atoms with Crippen LogP contribution in [0.25, 0.3) is 0 Å². The van der Waals surface area contributed by atoms with Crippen LogP contribution >= 0.6 is 0 Å². The lowest BCUT2D eigenvalue weighted by molar-refractivity contribution is 0.447. The van der Waals surface area contributed by atoms with Gasteiger partial charge in [0.05, 0.1) is 4.90 Å². The highest BCUT2D eigenvalue weighted by Gasteiger charge is 2.19. The maximum absolute atomic E-state index is 12.5. The lowest BCUT2D eigenvalue weighted by atomic mass is 10.0. The Morgan fingerprint density at radius 1 is 0.690 bits per heavy atom. The van der Waals surface area contributed by atoms with E-state index >= 15 is 0 Å². The minimum Gasteiger partial charge on any atom is -0.399 e. The molecule has 0 aliphatic carbocycles. The summed E-state index contributed by atoms with van der Waals surface area (Å²) >= 11 is 0. The second-order valence-corrected chi connectivity index (χ2v) is 10.4. The van der Waals surface area contributed by atoms with E-state index in [4.69, 9.17) is 5.73 Å². The topological polar surface area (TPSA) is 63.4 Å². The number of unbranched alkanes of at least 4 members (excludes halogenated alkanes) is 14. The van der Waals surface area contributed by atoms with E-state index in [1.165, 1.54) is 87.8 Å². The van der Waals surface area contributed by atoms with E-state index in [2.05, 4.69) is 6.92 Å². The van der Waals surface area contributed by atoms with E-state index in [1.807, 2.05) is 0 Å². The number of nitrogens with two attached hydrogens (primary N) is 1. The molecule has 4 nitrogen and oxygen atoms in total. The largest absolute Gasteiger partial charge is 0.399 e. The molecule has 1 rings (SSSR count). The Morgan fingerprint density at radius 2 is 1.07 bits per heavy atom. The Morgan fingerprint density at radius 3 is 1.48 bits per heavy atom. The van der Waals surface area contributed by atoms with E-state index in [-0.39, 0.29) is 0 Å². The fraction of sp³-hybridized carbons (Fsp3) is 0.750. The van der Waals surface area contributed by atoms with Gasteiger partial charge in [-0.3, -0.25) is 0 Å². The van der Waals surface area contributed by atoms with Crippen molar-refractivity contribution in [3.63, 3.8) is 0 Å². The van der Waals surface area contributed by atoms with Gasteiger partial charge in [0.25, 0.3) is 0 Å². The van der Waals surface area contributed by atoms with Crippen molar-refractivity contribution in [3.8, 4) is 0 Å². The van der Waals surface area contributed by atoms with E-state index in [0.717, 1.165) is 12.8 Å². The molecule has 1 aromatic rings. The van der Waals surface area contributed by atoms with E-state index in [1.54, 1.807) is 31.3 Å². The molecule has 0 unspecified atom stereocenters. The van der Waals surface area contributed by atoms with Crippen molar-refractivity contribution in [2.75, 3.05) is 19.3 Å². The summed E-state index contributed by atoms with van der Waals surface area (Å²) in [6, 6.07) is 6.42. The van der Waals surface area contributed by atoms with Gasteiger partial charge < -0.3 is 5.73 Å². The van der Waals surface area contributed by atoms with Crippen molar-refractivity contribution >= 4 is 15.7 Å². The summed E-state index contributed by atoms with van der Waals surface area (Å²) in [6.07, 6.45) is 19.7. The van der Waals surface area contributed by atoms with Crippen molar-refractivity contribution in [2.24, 2.45) is 0 Å². The quantitative estimate of drug-likeness (QED) is 0.209. The fourth-order valence-electron chi connectivity index (χ4n) is 3.65. The molecule has 0 bridgehead atoms. The van der Waals surface area contributed by atoms with Gasteiger partial charge >= 0.3 is 0 Å². The first-order valence-corrected chi connectivity index (χ1v) is 13.2. The molecule has 0 radical (unpaired) electrons. The molecule has 0 aliphatic heterocycles. The Bertz CT molecular complexity index is 614. The third kappa shape index (κ3) is 11.6. The average molecular weight is 425 g/mol. The van der Waals surface area contributed by atoms with E-state index in [9.17, 15) is 8.42 Å². The first-order chi connectivity index (χ1) is 14.0. The van der Waals surface area contributed by atoms with Crippen LogP contribution in [-0.4, -0.2) is 26.3 Å². The molecule has 0 fully saturated rings. The maximum atomic E-state index is 12.5. The van der Waals surface area contributed by atoms with Crippen LogP contribution in [0.3, 0.4) is 0 Å². The van der Waals surface area contributed by atoms with Crippen molar-refractivity contribution in [3.05, 3.63) is 24.3 Å². The number of hydrogen-bond acceptors (Lipinski definition) is 3. The number of nitrogen functional groups attached to an aromatic ring is 1. The minimum atomic E-state index is -3.40. The lowest BCUT2D eigenvalue weighted by Gasteiger charge is -2.17. The highest BCUT2D eigenvalue weighted by atomic mass is 32.2. The van der Waals surface area contributed by atoms with Gasteiger partial charge in [0.1, 0.15) is 0 Å². The van der Waals surface area contributed by atoms with Crippen LogP contribution in [-0.2, 0) is 10.0 Å². The van der Waals surface area contributed by atoms with Gasteiger partial charge in [-0.1, -0.05) is 96.8 Å².